The largest absolute Gasteiger partial charge is 0.329 e. The van der Waals surface area contributed by atoms with Gasteiger partial charge in [0.2, 0.25) is 0 Å². The first kappa shape index (κ1) is 12.2. The van der Waals surface area contributed by atoms with E-state index in [-0.39, 0.29) is 0 Å². The number of aryl methyl sites for hydroxylation is 1. The van der Waals surface area contributed by atoms with Crippen LogP contribution in [0.3, 0.4) is 0 Å². The summed E-state index contributed by atoms with van der Waals surface area (Å²) in [7, 11) is 0. The van der Waals surface area contributed by atoms with E-state index in [1.807, 2.05) is 0 Å². The highest BCUT2D eigenvalue weighted by Gasteiger charge is 2.30. The summed E-state index contributed by atoms with van der Waals surface area (Å²) in [5, 5.41) is 3.43. The predicted octanol–water partition coefficient (Wildman–Crippen LogP) is 2.83. The summed E-state index contributed by atoms with van der Waals surface area (Å²) < 4.78 is 2.58. The van der Waals surface area contributed by atoms with Crippen LogP contribution in [0.4, 0.5) is 0 Å². The van der Waals surface area contributed by atoms with E-state index in [0.29, 0.717) is 6.04 Å². The molecule has 3 nitrogen and oxygen atoms in total. The van der Waals surface area contributed by atoms with E-state index in [1.54, 1.807) is 0 Å². The summed E-state index contributed by atoms with van der Waals surface area (Å²) in [6, 6.07) is 0.690. The van der Waals surface area contributed by atoms with Crippen molar-refractivity contribution in [1.29, 1.82) is 0 Å². The topological polar surface area (TPSA) is 29.9 Å². The molecule has 1 aliphatic carbocycles. The maximum Gasteiger partial charge on any atom is 0.106 e. The Balaban J connectivity index is 1.94. The van der Waals surface area contributed by atoms with Gasteiger partial charge in [-0.2, -0.15) is 0 Å². The zero-order chi connectivity index (χ0) is 12.7. The fraction of sp³-hybridized carbons (Fsp3) is 0.800. The third-order valence-electron chi connectivity index (χ3n) is 4.82. The molecule has 1 fully saturated rings. The highest BCUT2D eigenvalue weighted by molar-refractivity contribution is 5.21. The van der Waals surface area contributed by atoms with Crippen LogP contribution in [0.2, 0.25) is 0 Å². The van der Waals surface area contributed by atoms with Gasteiger partial charge in [0.25, 0.3) is 0 Å². The normalized spacial score (nSPS) is 32.3. The summed E-state index contributed by atoms with van der Waals surface area (Å²) in [4.78, 5) is 4.78. The molecule has 1 saturated carbocycles. The van der Waals surface area contributed by atoms with Gasteiger partial charge in [-0.15, -0.1) is 0 Å². The molecule has 1 aromatic rings. The highest BCUT2D eigenvalue weighted by Crippen LogP contribution is 2.38. The second-order valence-electron chi connectivity index (χ2n) is 6.31. The fourth-order valence-electron chi connectivity index (χ4n) is 3.94. The maximum absolute atomic E-state index is 4.78. The van der Waals surface area contributed by atoms with Gasteiger partial charge in [-0.25, -0.2) is 4.98 Å². The minimum Gasteiger partial charge on any atom is -0.329 e. The van der Waals surface area contributed by atoms with Crippen molar-refractivity contribution in [3.05, 3.63) is 17.2 Å². The number of nitrogens with zero attached hydrogens (tertiary/aromatic N) is 2. The van der Waals surface area contributed by atoms with Gasteiger partial charge in [0.15, 0.2) is 0 Å². The SMILES string of the molecule is Cc1nc2c(n1C1CCC(C)CC1C)CCNC2. The third kappa shape index (κ3) is 1.99. The zero-order valence-electron chi connectivity index (χ0n) is 11.9. The second-order valence-corrected chi connectivity index (χ2v) is 6.31. The quantitative estimate of drug-likeness (QED) is 0.827. The molecule has 1 N–H and O–H groups in total. The summed E-state index contributed by atoms with van der Waals surface area (Å²) in [6.07, 6.45) is 5.23. The van der Waals surface area contributed by atoms with Gasteiger partial charge in [0.1, 0.15) is 5.82 Å². The van der Waals surface area contributed by atoms with Crippen LogP contribution in [0.1, 0.15) is 56.4 Å². The van der Waals surface area contributed by atoms with Gasteiger partial charge in [0, 0.05) is 31.2 Å². The Morgan fingerprint density at radius 1 is 1.28 bits per heavy atom. The Labute approximate surface area is 110 Å². The van der Waals surface area contributed by atoms with Gasteiger partial charge in [-0.3, -0.25) is 0 Å². The number of imidazole rings is 1. The molecule has 0 spiro atoms. The van der Waals surface area contributed by atoms with Gasteiger partial charge in [-0.1, -0.05) is 13.8 Å². The number of aromatic nitrogens is 2. The average molecular weight is 247 g/mol. The van der Waals surface area contributed by atoms with E-state index in [9.17, 15) is 0 Å². The summed E-state index contributed by atoms with van der Waals surface area (Å²) >= 11 is 0. The van der Waals surface area contributed by atoms with Crippen LogP contribution in [-0.4, -0.2) is 16.1 Å². The molecule has 0 radical (unpaired) electrons. The first-order valence-electron chi connectivity index (χ1n) is 7.44. The average Bonchev–Trinajstić information content (AvgIpc) is 2.66. The van der Waals surface area contributed by atoms with Crippen LogP contribution in [0, 0.1) is 18.8 Å². The number of hydrogen-bond acceptors (Lipinski definition) is 2. The van der Waals surface area contributed by atoms with Crippen molar-refractivity contribution < 1.29 is 0 Å². The lowest BCUT2D eigenvalue weighted by atomic mass is 9.79. The molecule has 18 heavy (non-hydrogen) atoms. The van der Waals surface area contributed by atoms with Crippen molar-refractivity contribution in [3.8, 4) is 0 Å². The van der Waals surface area contributed by atoms with Gasteiger partial charge >= 0.3 is 0 Å². The molecule has 0 aromatic carbocycles. The van der Waals surface area contributed by atoms with Gasteiger partial charge < -0.3 is 9.88 Å². The van der Waals surface area contributed by atoms with Crippen molar-refractivity contribution >= 4 is 0 Å². The van der Waals surface area contributed by atoms with Crippen molar-refractivity contribution in [1.82, 2.24) is 14.9 Å². The van der Waals surface area contributed by atoms with E-state index in [1.165, 1.54) is 36.5 Å². The summed E-state index contributed by atoms with van der Waals surface area (Å²) in [5.74, 6) is 2.92. The molecule has 3 heteroatoms. The number of nitrogens with one attached hydrogen (secondary N) is 1. The molecular formula is C15H25N3. The molecule has 1 aliphatic heterocycles. The monoisotopic (exact) mass is 247 g/mol. The standard InChI is InChI=1S/C15H25N3/c1-10-4-5-14(11(2)8-10)18-12(3)17-13-9-16-7-6-15(13)18/h10-11,14,16H,4-9H2,1-3H3. The van der Waals surface area contributed by atoms with Crippen molar-refractivity contribution in [2.45, 2.75) is 59.0 Å². The van der Waals surface area contributed by atoms with Gasteiger partial charge in [-0.05, 0) is 38.0 Å². The molecule has 1 aromatic heterocycles. The van der Waals surface area contributed by atoms with Crippen LogP contribution in [0.15, 0.2) is 0 Å². The summed E-state index contributed by atoms with van der Waals surface area (Å²) in [6.45, 7) is 9.07. The molecule has 100 valence electrons. The lowest BCUT2D eigenvalue weighted by molar-refractivity contribution is 0.202. The van der Waals surface area contributed by atoms with Crippen LogP contribution in [0.25, 0.3) is 0 Å². The first-order valence-corrected chi connectivity index (χ1v) is 7.44. The lowest BCUT2D eigenvalue weighted by Gasteiger charge is -2.35. The van der Waals surface area contributed by atoms with E-state index >= 15 is 0 Å². The highest BCUT2D eigenvalue weighted by atomic mass is 15.1. The predicted molar refractivity (Wildman–Crippen MR) is 73.6 cm³/mol. The van der Waals surface area contributed by atoms with E-state index in [0.717, 1.165) is 31.3 Å². The zero-order valence-corrected chi connectivity index (χ0v) is 11.9. The minimum atomic E-state index is 0.690. The van der Waals surface area contributed by atoms with E-state index in [2.05, 4.69) is 30.7 Å². The van der Waals surface area contributed by atoms with Crippen LogP contribution in [-0.2, 0) is 13.0 Å². The molecule has 0 saturated heterocycles. The fourth-order valence-corrected chi connectivity index (χ4v) is 3.94. The molecule has 3 unspecified atom stereocenters. The van der Waals surface area contributed by atoms with E-state index in [4.69, 9.17) is 4.98 Å². The Kier molecular flexibility index (Phi) is 3.18. The minimum absolute atomic E-state index is 0.690. The number of hydrogen-bond donors (Lipinski definition) is 1. The van der Waals surface area contributed by atoms with Crippen molar-refractivity contribution in [3.63, 3.8) is 0 Å². The van der Waals surface area contributed by atoms with Crippen LogP contribution >= 0.6 is 0 Å². The Hall–Kier alpha value is -0.830. The lowest BCUT2D eigenvalue weighted by Crippen LogP contribution is -2.30. The van der Waals surface area contributed by atoms with Crippen LogP contribution in [0.5, 0.6) is 0 Å². The first-order chi connectivity index (χ1) is 8.66. The van der Waals surface area contributed by atoms with Crippen molar-refractivity contribution in [2.24, 2.45) is 11.8 Å². The second kappa shape index (κ2) is 4.69. The maximum atomic E-state index is 4.78. The number of fused-ring (bicyclic) bond motifs is 1. The molecule has 2 heterocycles. The molecule has 3 atom stereocenters. The molecular weight excluding hydrogens is 222 g/mol. The van der Waals surface area contributed by atoms with Gasteiger partial charge in [0.05, 0.1) is 5.69 Å². The van der Waals surface area contributed by atoms with Crippen LogP contribution < -0.4 is 5.32 Å². The molecule has 2 aliphatic rings. The Morgan fingerprint density at radius 2 is 2.11 bits per heavy atom. The molecule has 0 amide bonds. The Morgan fingerprint density at radius 3 is 2.89 bits per heavy atom. The third-order valence-corrected chi connectivity index (χ3v) is 4.82. The summed E-state index contributed by atoms with van der Waals surface area (Å²) in [5.41, 5.74) is 2.81. The number of rotatable bonds is 1. The van der Waals surface area contributed by atoms with Crippen molar-refractivity contribution in [2.75, 3.05) is 6.54 Å². The smallest absolute Gasteiger partial charge is 0.106 e. The molecule has 0 bridgehead atoms. The Bertz CT molecular complexity index is 435. The van der Waals surface area contributed by atoms with E-state index < -0.39 is 0 Å². The molecule has 3 rings (SSSR count).